The molecule has 0 aliphatic carbocycles. The lowest BCUT2D eigenvalue weighted by Crippen LogP contribution is -2.26. The van der Waals surface area contributed by atoms with E-state index in [1.54, 1.807) is 0 Å². The maximum Gasteiger partial charge on any atom is 0.341 e. The fourth-order valence-electron chi connectivity index (χ4n) is 2.12. The standard InChI is InChI=1S/C17H17F2NO3S/c1-11-3-5-13(6-4-11)12(2)20-16(21)14-7-9-15(10-8-14)24(22,23)17(18)19/h3-10,12,17H,1-2H3,(H,20,21). The molecule has 0 fully saturated rings. The molecule has 7 heteroatoms. The largest absolute Gasteiger partial charge is 0.346 e. The SMILES string of the molecule is Cc1ccc(C(C)NC(=O)c2ccc(S(=O)(=O)C(F)F)cc2)cc1. The first-order valence-electron chi connectivity index (χ1n) is 7.21. The molecule has 1 unspecified atom stereocenters. The Morgan fingerprint density at radius 3 is 2.04 bits per heavy atom. The predicted octanol–water partition coefficient (Wildman–Crippen LogP) is 3.48. The minimum atomic E-state index is -4.65. The number of alkyl halides is 2. The van der Waals surface area contributed by atoms with Crippen LogP contribution in [0.15, 0.2) is 53.4 Å². The summed E-state index contributed by atoms with van der Waals surface area (Å²) < 4.78 is 47.7. The zero-order valence-electron chi connectivity index (χ0n) is 13.2. The first-order valence-corrected chi connectivity index (χ1v) is 8.76. The third-order valence-corrected chi connectivity index (χ3v) is 5.00. The number of amides is 1. The molecular formula is C17H17F2NO3S. The van der Waals surface area contributed by atoms with Gasteiger partial charge < -0.3 is 5.32 Å². The van der Waals surface area contributed by atoms with E-state index in [1.807, 2.05) is 38.1 Å². The summed E-state index contributed by atoms with van der Waals surface area (Å²) in [7, 11) is -4.65. The normalized spacial score (nSPS) is 12.9. The van der Waals surface area contributed by atoms with E-state index >= 15 is 0 Å². The molecule has 4 nitrogen and oxygen atoms in total. The lowest BCUT2D eigenvalue weighted by molar-refractivity contribution is 0.0940. The predicted molar refractivity (Wildman–Crippen MR) is 86.7 cm³/mol. The summed E-state index contributed by atoms with van der Waals surface area (Å²) in [4.78, 5) is 11.7. The Hall–Kier alpha value is -2.28. The highest BCUT2D eigenvalue weighted by Crippen LogP contribution is 2.19. The average molecular weight is 353 g/mol. The Bertz CT molecular complexity index is 816. The first kappa shape index (κ1) is 18.1. The lowest BCUT2D eigenvalue weighted by Gasteiger charge is -2.15. The molecular weight excluding hydrogens is 336 g/mol. The van der Waals surface area contributed by atoms with Crippen LogP contribution in [0.2, 0.25) is 0 Å². The van der Waals surface area contributed by atoms with Gasteiger partial charge in [0.15, 0.2) is 0 Å². The first-order chi connectivity index (χ1) is 11.2. The smallest absolute Gasteiger partial charge is 0.341 e. The van der Waals surface area contributed by atoms with Gasteiger partial charge in [0.1, 0.15) is 0 Å². The summed E-state index contributed by atoms with van der Waals surface area (Å²) in [6.45, 7) is 3.78. The van der Waals surface area contributed by atoms with Crippen LogP contribution in [0.5, 0.6) is 0 Å². The summed E-state index contributed by atoms with van der Waals surface area (Å²) >= 11 is 0. The molecule has 2 aromatic carbocycles. The molecule has 0 saturated heterocycles. The molecule has 0 aliphatic rings. The Balaban J connectivity index is 2.11. The average Bonchev–Trinajstić information content (AvgIpc) is 2.55. The molecule has 1 atom stereocenters. The molecule has 0 radical (unpaired) electrons. The van der Waals surface area contributed by atoms with Crippen LogP contribution in [0.1, 0.15) is 34.5 Å². The maximum absolute atomic E-state index is 12.5. The Kier molecular flexibility index (Phi) is 5.33. The van der Waals surface area contributed by atoms with Crippen LogP contribution in [0.25, 0.3) is 0 Å². The number of aryl methyl sites for hydroxylation is 1. The lowest BCUT2D eigenvalue weighted by atomic mass is 10.1. The summed E-state index contributed by atoms with van der Waals surface area (Å²) in [5.74, 6) is -3.90. The number of benzene rings is 2. The molecule has 1 amide bonds. The highest BCUT2D eigenvalue weighted by Gasteiger charge is 2.26. The van der Waals surface area contributed by atoms with Gasteiger partial charge in [0, 0.05) is 5.56 Å². The molecule has 0 saturated carbocycles. The number of carbonyl (C=O) groups excluding carboxylic acids is 1. The molecule has 128 valence electrons. The van der Waals surface area contributed by atoms with Crippen LogP contribution in [0.4, 0.5) is 8.78 Å². The van der Waals surface area contributed by atoms with Gasteiger partial charge in [-0.25, -0.2) is 8.42 Å². The summed E-state index contributed by atoms with van der Waals surface area (Å²) in [6.07, 6.45) is 0. The maximum atomic E-state index is 12.5. The molecule has 24 heavy (non-hydrogen) atoms. The van der Waals surface area contributed by atoms with Crippen LogP contribution in [0, 0.1) is 6.92 Å². The third kappa shape index (κ3) is 3.97. The molecule has 0 aromatic heterocycles. The van der Waals surface area contributed by atoms with E-state index in [2.05, 4.69) is 5.32 Å². The van der Waals surface area contributed by atoms with Crippen LogP contribution >= 0.6 is 0 Å². The second-order valence-corrected chi connectivity index (χ2v) is 7.35. The third-order valence-electron chi connectivity index (χ3n) is 3.60. The van der Waals surface area contributed by atoms with Gasteiger partial charge in [-0.05, 0) is 43.7 Å². The van der Waals surface area contributed by atoms with Crippen molar-refractivity contribution in [1.82, 2.24) is 5.32 Å². The van der Waals surface area contributed by atoms with Crippen molar-refractivity contribution in [3.63, 3.8) is 0 Å². The minimum absolute atomic E-state index is 0.196. The Morgan fingerprint density at radius 1 is 1.00 bits per heavy atom. The fraction of sp³-hybridized carbons (Fsp3) is 0.235. The molecule has 0 aliphatic heterocycles. The minimum Gasteiger partial charge on any atom is -0.346 e. The van der Waals surface area contributed by atoms with E-state index in [4.69, 9.17) is 0 Å². The molecule has 0 spiro atoms. The van der Waals surface area contributed by atoms with Crippen LogP contribution < -0.4 is 5.32 Å². The van der Waals surface area contributed by atoms with E-state index in [-0.39, 0.29) is 11.6 Å². The van der Waals surface area contributed by atoms with Gasteiger partial charge >= 0.3 is 5.76 Å². The van der Waals surface area contributed by atoms with Crippen molar-refractivity contribution in [3.05, 3.63) is 65.2 Å². The van der Waals surface area contributed by atoms with Crippen molar-refractivity contribution in [2.45, 2.75) is 30.5 Å². The van der Waals surface area contributed by atoms with E-state index < -0.39 is 26.4 Å². The highest BCUT2D eigenvalue weighted by molar-refractivity contribution is 7.91. The zero-order chi connectivity index (χ0) is 17.9. The second kappa shape index (κ2) is 7.09. The topological polar surface area (TPSA) is 63.2 Å². The Labute approximate surface area is 139 Å². The monoisotopic (exact) mass is 353 g/mol. The van der Waals surface area contributed by atoms with E-state index in [0.29, 0.717) is 0 Å². The van der Waals surface area contributed by atoms with E-state index in [9.17, 15) is 22.0 Å². The summed E-state index contributed by atoms with van der Waals surface area (Å²) in [5, 5.41) is 2.78. The molecule has 0 bridgehead atoms. The molecule has 2 rings (SSSR count). The summed E-state index contributed by atoms with van der Waals surface area (Å²) in [5.41, 5.74) is 2.22. The van der Waals surface area contributed by atoms with Crippen LogP contribution in [-0.2, 0) is 9.84 Å². The van der Waals surface area contributed by atoms with Crippen molar-refractivity contribution in [3.8, 4) is 0 Å². The van der Waals surface area contributed by atoms with Gasteiger partial charge in [0.25, 0.3) is 5.91 Å². The van der Waals surface area contributed by atoms with E-state index in [0.717, 1.165) is 23.3 Å². The Morgan fingerprint density at radius 2 is 1.54 bits per heavy atom. The van der Waals surface area contributed by atoms with Gasteiger partial charge in [-0.3, -0.25) is 4.79 Å². The quantitative estimate of drug-likeness (QED) is 0.895. The van der Waals surface area contributed by atoms with Gasteiger partial charge in [-0.2, -0.15) is 8.78 Å². The van der Waals surface area contributed by atoms with Crippen molar-refractivity contribution in [2.75, 3.05) is 0 Å². The van der Waals surface area contributed by atoms with Crippen molar-refractivity contribution in [1.29, 1.82) is 0 Å². The van der Waals surface area contributed by atoms with Gasteiger partial charge in [-0.15, -0.1) is 0 Å². The van der Waals surface area contributed by atoms with Gasteiger partial charge in [0.05, 0.1) is 10.9 Å². The van der Waals surface area contributed by atoms with Crippen molar-refractivity contribution < 1.29 is 22.0 Å². The van der Waals surface area contributed by atoms with Crippen molar-refractivity contribution in [2.24, 2.45) is 0 Å². The second-order valence-electron chi connectivity index (χ2n) is 5.44. The van der Waals surface area contributed by atoms with Crippen LogP contribution in [0.3, 0.4) is 0 Å². The highest BCUT2D eigenvalue weighted by atomic mass is 32.2. The van der Waals surface area contributed by atoms with Gasteiger partial charge in [-0.1, -0.05) is 29.8 Å². The summed E-state index contributed by atoms with van der Waals surface area (Å²) in [6, 6.07) is 11.9. The molecule has 0 heterocycles. The number of nitrogens with one attached hydrogen (secondary N) is 1. The van der Waals surface area contributed by atoms with E-state index in [1.165, 1.54) is 12.1 Å². The van der Waals surface area contributed by atoms with Crippen LogP contribution in [-0.4, -0.2) is 20.1 Å². The number of hydrogen-bond acceptors (Lipinski definition) is 3. The number of rotatable bonds is 5. The number of carbonyl (C=O) groups is 1. The molecule has 2 aromatic rings. The van der Waals surface area contributed by atoms with Crippen molar-refractivity contribution >= 4 is 15.7 Å². The zero-order valence-corrected chi connectivity index (χ0v) is 14.0. The van der Waals surface area contributed by atoms with Gasteiger partial charge in [0.2, 0.25) is 9.84 Å². The fourth-order valence-corrected chi connectivity index (χ4v) is 2.84. The number of hydrogen-bond donors (Lipinski definition) is 1. The number of sulfone groups is 1. The number of halogens is 2. The molecule has 1 N–H and O–H groups in total.